The Morgan fingerprint density at radius 1 is 0.660 bits per heavy atom. The number of alkyl halides is 6. The molecule has 0 radical (unpaired) electrons. The Morgan fingerprint density at radius 3 is 1.81 bits per heavy atom. The molecule has 4 aromatic carbocycles. The van der Waals surface area contributed by atoms with E-state index in [1.54, 1.807) is 49.4 Å². The van der Waals surface area contributed by atoms with Crippen molar-refractivity contribution < 1.29 is 48.4 Å². The van der Waals surface area contributed by atoms with E-state index in [2.05, 4.69) is 4.98 Å². The van der Waals surface area contributed by atoms with Crippen molar-refractivity contribution in [1.29, 1.82) is 0 Å². The number of halogens is 6. The van der Waals surface area contributed by atoms with Gasteiger partial charge < -0.3 is 13.7 Å². The van der Waals surface area contributed by atoms with Crippen molar-refractivity contribution in [2.75, 3.05) is 13.7 Å². The smallest absolute Gasteiger partial charge is 0.497 e. The molecule has 0 saturated heterocycles. The number of benzene rings is 4. The second kappa shape index (κ2) is 13.0. The number of aromatic nitrogens is 1. The number of ether oxygens (including phenoxy) is 2. The molecule has 5 aromatic rings. The summed E-state index contributed by atoms with van der Waals surface area (Å²) in [7, 11) is -4.87. The Hall–Kier alpha value is -5.04. The third-order valence-electron chi connectivity index (χ3n) is 6.97. The third kappa shape index (κ3) is 7.04. The summed E-state index contributed by atoms with van der Waals surface area (Å²) in [4.78, 5) is 4.63. The minimum atomic E-state index is -6.31. The van der Waals surface area contributed by atoms with Gasteiger partial charge in [-0.05, 0) is 66.6 Å². The minimum absolute atomic E-state index is 0.0338. The zero-order valence-corrected chi connectivity index (χ0v) is 25.5. The lowest BCUT2D eigenvalue weighted by Gasteiger charge is -2.23. The van der Waals surface area contributed by atoms with E-state index in [-0.39, 0.29) is 39.2 Å². The average molecular weight is 674 g/mol. The van der Waals surface area contributed by atoms with Gasteiger partial charge in [0.05, 0.1) is 25.0 Å². The standard InChI is InChI=1S/C34H25F6NO5S/c1-3-45-27-18-12-21(13-19-27)29-28(24-10-7-11-25(20-24)33(35,36)37)30(23-14-16-26(44-2)17-15-23)41-31(22-8-5-4-6-9-22)32(29)46-47(42,43)34(38,39)40/h4-20H,3H2,1-2H3. The summed E-state index contributed by atoms with van der Waals surface area (Å²) in [5, 5.41) is 0. The topological polar surface area (TPSA) is 74.7 Å². The van der Waals surface area contributed by atoms with Crippen LogP contribution < -0.4 is 13.7 Å². The van der Waals surface area contributed by atoms with Crippen LogP contribution in [0.4, 0.5) is 26.3 Å². The molecule has 13 heteroatoms. The molecule has 0 aliphatic rings. The van der Waals surface area contributed by atoms with Gasteiger partial charge in [-0.25, -0.2) is 4.98 Å². The number of hydrogen-bond acceptors (Lipinski definition) is 6. The first kappa shape index (κ1) is 33.3. The van der Waals surface area contributed by atoms with Crippen molar-refractivity contribution in [3.8, 4) is 62.0 Å². The molecule has 47 heavy (non-hydrogen) atoms. The van der Waals surface area contributed by atoms with E-state index in [0.29, 0.717) is 23.7 Å². The summed E-state index contributed by atoms with van der Waals surface area (Å²) in [6.07, 6.45) is -4.79. The summed E-state index contributed by atoms with van der Waals surface area (Å²) in [5.41, 5.74) is -7.01. The molecule has 0 fully saturated rings. The van der Waals surface area contributed by atoms with Gasteiger partial charge in [0.1, 0.15) is 17.2 Å². The molecule has 244 valence electrons. The highest BCUT2D eigenvalue weighted by Gasteiger charge is 2.49. The summed E-state index contributed by atoms with van der Waals surface area (Å²) in [6, 6.07) is 24.0. The molecule has 0 saturated carbocycles. The van der Waals surface area contributed by atoms with Crippen LogP contribution in [0.2, 0.25) is 0 Å². The van der Waals surface area contributed by atoms with Crippen molar-refractivity contribution >= 4 is 10.1 Å². The van der Waals surface area contributed by atoms with Crippen LogP contribution in [-0.2, 0) is 16.3 Å². The summed E-state index contributed by atoms with van der Waals surface area (Å²) < 4.78 is 124. The minimum Gasteiger partial charge on any atom is -0.497 e. The Kier molecular flexibility index (Phi) is 9.21. The first-order valence-electron chi connectivity index (χ1n) is 13.9. The Morgan fingerprint density at radius 2 is 1.23 bits per heavy atom. The highest BCUT2D eigenvalue weighted by molar-refractivity contribution is 7.88. The van der Waals surface area contributed by atoms with E-state index in [1.165, 1.54) is 49.6 Å². The van der Waals surface area contributed by atoms with Crippen LogP contribution in [0.5, 0.6) is 17.2 Å². The first-order chi connectivity index (χ1) is 22.2. The maximum absolute atomic E-state index is 14.0. The van der Waals surface area contributed by atoms with Crippen molar-refractivity contribution in [1.82, 2.24) is 4.98 Å². The third-order valence-corrected chi connectivity index (χ3v) is 7.93. The predicted octanol–water partition coefficient (Wildman–Crippen LogP) is 9.40. The average Bonchev–Trinajstić information content (AvgIpc) is 3.04. The quantitative estimate of drug-likeness (QED) is 0.0882. The number of pyridine rings is 1. The molecule has 5 rings (SSSR count). The van der Waals surface area contributed by atoms with Gasteiger partial charge in [0.25, 0.3) is 0 Å². The van der Waals surface area contributed by atoms with E-state index in [4.69, 9.17) is 13.7 Å². The van der Waals surface area contributed by atoms with Gasteiger partial charge in [0.15, 0.2) is 5.75 Å². The van der Waals surface area contributed by atoms with Gasteiger partial charge in [-0.3, -0.25) is 0 Å². The molecule has 6 nitrogen and oxygen atoms in total. The van der Waals surface area contributed by atoms with Crippen LogP contribution in [-0.4, -0.2) is 32.6 Å². The van der Waals surface area contributed by atoms with Crippen LogP contribution in [0.15, 0.2) is 103 Å². The molecular formula is C34H25F6NO5S. The van der Waals surface area contributed by atoms with E-state index in [1.807, 2.05) is 0 Å². The van der Waals surface area contributed by atoms with Crippen LogP contribution in [0, 0.1) is 0 Å². The number of rotatable bonds is 9. The van der Waals surface area contributed by atoms with Gasteiger partial charge in [-0.1, -0.05) is 54.6 Å². The highest BCUT2D eigenvalue weighted by atomic mass is 32.2. The molecule has 0 aliphatic carbocycles. The summed E-state index contributed by atoms with van der Waals surface area (Å²) in [5.74, 6) is -0.00191. The lowest BCUT2D eigenvalue weighted by atomic mass is 9.88. The maximum Gasteiger partial charge on any atom is 0.534 e. The predicted molar refractivity (Wildman–Crippen MR) is 164 cm³/mol. The molecule has 0 atom stereocenters. The first-order valence-corrected chi connectivity index (χ1v) is 15.3. The van der Waals surface area contributed by atoms with Crippen LogP contribution in [0.1, 0.15) is 12.5 Å². The zero-order valence-electron chi connectivity index (χ0n) is 24.7. The van der Waals surface area contributed by atoms with E-state index >= 15 is 0 Å². The fourth-order valence-corrected chi connectivity index (χ4v) is 5.32. The normalized spacial score (nSPS) is 12.1. The van der Waals surface area contributed by atoms with Crippen LogP contribution in [0.25, 0.3) is 44.8 Å². The monoisotopic (exact) mass is 673 g/mol. The Labute approximate surface area is 266 Å². The van der Waals surface area contributed by atoms with Crippen molar-refractivity contribution in [3.63, 3.8) is 0 Å². The molecular weight excluding hydrogens is 648 g/mol. The van der Waals surface area contributed by atoms with Crippen molar-refractivity contribution in [3.05, 3.63) is 109 Å². The molecule has 0 amide bonds. The largest absolute Gasteiger partial charge is 0.534 e. The zero-order chi connectivity index (χ0) is 34.0. The van der Waals surface area contributed by atoms with E-state index < -0.39 is 33.1 Å². The Bertz CT molecular complexity index is 1980. The highest BCUT2D eigenvalue weighted by Crippen LogP contribution is 2.50. The van der Waals surface area contributed by atoms with Gasteiger partial charge in [-0.15, -0.1) is 0 Å². The van der Waals surface area contributed by atoms with E-state index in [9.17, 15) is 34.8 Å². The molecule has 1 aromatic heterocycles. The number of nitrogens with zero attached hydrogens (tertiary/aromatic N) is 1. The van der Waals surface area contributed by atoms with Gasteiger partial charge in [0.2, 0.25) is 0 Å². The second-order valence-corrected chi connectivity index (χ2v) is 11.5. The lowest BCUT2D eigenvalue weighted by Crippen LogP contribution is -2.28. The van der Waals surface area contributed by atoms with Crippen molar-refractivity contribution in [2.24, 2.45) is 0 Å². The fraction of sp³-hybridized carbons (Fsp3) is 0.147. The van der Waals surface area contributed by atoms with Gasteiger partial charge in [0, 0.05) is 22.3 Å². The molecule has 0 spiro atoms. The van der Waals surface area contributed by atoms with Crippen LogP contribution >= 0.6 is 0 Å². The van der Waals surface area contributed by atoms with Crippen molar-refractivity contribution in [2.45, 2.75) is 18.6 Å². The second-order valence-electron chi connectivity index (χ2n) is 10.0. The van der Waals surface area contributed by atoms with Crippen LogP contribution in [0.3, 0.4) is 0 Å². The number of hydrogen-bond donors (Lipinski definition) is 0. The van der Waals surface area contributed by atoms with Gasteiger partial charge >= 0.3 is 21.8 Å². The van der Waals surface area contributed by atoms with E-state index in [0.717, 1.165) is 18.2 Å². The molecule has 0 aliphatic heterocycles. The van der Waals surface area contributed by atoms with Gasteiger partial charge in [-0.2, -0.15) is 34.8 Å². The Balaban J connectivity index is 2.00. The number of methoxy groups -OCH3 is 1. The molecule has 0 N–H and O–H groups in total. The lowest BCUT2D eigenvalue weighted by molar-refractivity contribution is -0.137. The molecule has 1 heterocycles. The molecule has 0 bridgehead atoms. The summed E-state index contributed by atoms with van der Waals surface area (Å²) >= 11 is 0. The summed E-state index contributed by atoms with van der Waals surface area (Å²) in [6.45, 7) is 2.03. The SMILES string of the molecule is CCOc1ccc(-c2c(OS(=O)(=O)C(F)(F)F)c(-c3ccccc3)nc(-c3ccc(OC)cc3)c2-c2cccc(C(F)(F)F)c2)cc1. The maximum atomic E-state index is 14.0. The fourth-order valence-electron chi connectivity index (χ4n) is 4.85. The molecule has 0 unspecified atom stereocenters.